The minimum Gasteiger partial charge on any atom is -0.402 e. The molecule has 0 saturated heterocycles. The van der Waals surface area contributed by atoms with Crippen molar-refractivity contribution < 1.29 is 18.9 Å². The van der Waals surface area contributed by atoms with Crippen LogP contribution in [0.2, 0.25) is 0 Å². The van der Waals surface area contributed by atoms with E-state index in [-0.39, 0.29) is 5.75 Å². The van der Waals surface area contributed by atoms with Gasteiger partial charge in [0.25, 0.3) is 0 Å². The van der Waals surface area contributed by atoms with Crippen LogP contribution in [0.5, 0.6) is 5.75 Å². The summed E-state index contributed by atoms with van der Waals surface area (Å²) in [5, 5.41) is 0. The number of benzene rings is 1. The van der Waals surface area contributed by atoms with Gasteiger partial charge in [-0.25, -0.2) is 4.57 Å². The van der Waals surface area contributed by atoms with Crippen LogP contribution in [-0.2, 0) is 4.57 Å². The smallest absolute Gasteiger partial charge is 0.402 e. The van der Waals surface area contributed by atoms with E-state index in [0.29, 0.717) is 22.4 Å². The van der Waals surface area contributed by atoms with E-state index in [2.05, 4.69) is 84.2 Å². The Morgan fingerprint density at radius 2 is 1.12 bits per heavy atom. The Morgan fingerprint density at radius 3 is 1.44 bits per heavy atom. The first-order chi connectivity index (χ1) is 7.15. The first-order valence-corrected chi connectivity index (χ1v) is 8.91. The summed E-state index contributed by atoms with van der Waals surface area (Å²) in [5.74, 6) is 0.00952. The van der Waals surface area contributed by atoms with Crippen LogP contribution in [0.25, 0.3) is 0 Å². The fourth-order valence-corrected chi connectivity index (χ4v) is 4.63. The van der Waals surface area contributed by atoms with Crippen LogP contribution < -0.4 is 4.52 Å². The van der Waals surface area contributed by atoms with Crippen molar-refractivity contribution in [3.63, 3.8) is 0 Å². The van der Waals surface area contributed by atoms with E-state index in [1.165, 1.54) is 0 Å². The maximum Gasteiger partial charge on any atom is 0.524 e. The molecule has 0 fully saturated rings. The zero-order valence-electron chi connectivity index (χ0n) is 7.05. The molecule has 0 aliphatic rings. The molecule has 0 radical (unpaired) electrons. The average Bonchev–Trinajstić information content (AvgIpc) is 2.17. The van der Waals surface area contributed by atoms with Crippen molar-refractivity contribution in [1.82, 2.24) is 0 Å². The van der Waals surface area contributed by atoms with Crippen LogP contribution in [0.3, 0.4) is 0 Å². The predicted molar refractivity (Wildman–Crippen MR) is 77.6 cm³/mol. The minimum absolute atomic E-state index is 0.00952. The molecule has 0 saturated carbocycles. The molecular formula is C6H2Br5O4P. The molecule has 0 aliphatic carbocycles. The maximum atomic E-state index is 10.8. The van der Waals surface area contributed by atoms with Gasteiger partial charge in [-0.2, -0.15) is 0 Å². The molecule has 0 unspecified atom stereocenters. The van der Waals surface area contributed by atoms with E-state index >= 15 is 0 Å². The Morgan fingerprint density at radius 1 is 0.812 bits per heavy atom. The molecule has 10 heteroatoms. The van der Waals surface area contributed by atoms with Crippen LogP contribution in [0, 0.1) is 0 Å². The Balaban J connectivity index is 3.46. The molecular weight excluding hydrogens is 567 g/mol. The number of rotatable bonds is 2. The first kappa shape index (κ1) is 15.6. The second kappa shape index (κ2) is 5.69. The highest BCUT2D eigenvalue weighted by molar-refractivity contribution is 9.15. The monoisotopic (exact) mass is 564 g/mol. The third kappa shape index (κ3) is 3.54. The SMILES string of the molecule is O=P(O)(O)Oc1c(Br)c(Br)c(Br)c(Br)c1Br. The normalized spacial score (nSPS) is 11.7. The largest absolute Gasteiger partial charge is 0.524 e. The van der Waals surface area contributed by atoms with Crippen LogP contribution in [-0.4, -0.2) is 9.79 Å². The number of phosphoric acid groups is 1. The molecule has 0 atom stereocenters. The van der Waals surface area contributed by atoms with Gasteiger partial charge in [0.2, 0.25) is 0 Å². The standard InChI is InChI=1S/C6H2Br5O4P/c7-1-2(8)4(10)6(5(11)3(1)9)15-16(12,13)14/h(H2,12,13,14). The van der Waals surface area contributed by atoms with E-state index in [1.807, 2.05) is 0 Å². The number of phosphoric ester groups is 1. The lowest BCUT2D eigenvalue weighted by Crippen LogP contribution is -1.94. The Labute approximate surface area is 133 Å². The number of halogens is 5. The quantitative estimate of drug-likeness (QED) is 0.301. The Kier molecular flexibility index (Phi) is 5.56. The van der Waals surface area contributed by atoms with Crippen LogP contribution in [0.15, 0.2) is 22.4 Å². The van der Waals surface area contributed by atoms with Crippen LogP contribution in [0.1, 0.15) is 0 Å². The first-order valence-electron chi connectivity index (χ1n) is 3.41. The molecule has 90 valence electrons. The van der Waals surface area contributed by atoms with E-state index in [9.17, 15) is 4.57 Å². The summed E-state index contributed by atoms with van der Waals surface area (Å²) in [6.07, 6.45) is 0. The molecule has 0 aromatic heterocycles. The molecule has 0 bridgehead atoms. The number of hydrogen-bond acceptors (Lipinski definition) is 2. The highest BCUT2D eigenvalue weighted by Gasteiger charge is 2.25. The van der Waals surface area contributed by atoms with Gasteiger partial charge in [-0.3, -0.25) is 9.79 Å². The topological polar surface area (TPSA) is 66.8 Å². The van der Waals surface area contributed by atoms with Gasteiger partial charge in [0, 0.05) is 4.47 Å². The molecule has 0 amide bonds. The van der Waals surface area contributed by atoms with Gasteiger partial charge in [-0.15, -0.1) is 0 Å². The lowest BCUT2D eigenvalue weighted by atomic mass is 10.3. The molecule has 0 aliphatic heterocycles. The second-order valence-corrected chi connectivity index (χ2v) is 7.61. The summed E-state index contributed by atoms with van der Waals surface area (Å²) >= 11 is 16.1. The summed E-state index contributed by atoms with van der Waals surface area (Å²) in [6.45, 7) is 0. The average molecular weight is 569 g/mol. The Bertz CT molecular complexity index is 455. The molecule has 1 aromatic carbocycles. The molecule has 0 heterocycles. The van der Waals surface area contributed by atoms with Gasteiger partial charge in [-0.1, -0.05) is 0 Å². The highest BCUT2D eigenvalue weighted by Crippen LogP contribution is 2.52. The lowest BCUT2D eigenvalue weighted by molar-refractivity contribution is 0.282. The van der Waals surface area contributed by atoms with Crippen molar-refractivity contribution in [2.75, 3.05) is 0 Å². The van der Waals surface area contributed by atoms with Crippen LogP contribution >= 0.6 is 87.5 Å². The van der Waals surface area contributed by atoms with Gasteiger partial charge in [0.1, 0.15) is 0 Å². The van der Waals surface area contributed by atoms with Crippen molar-refractivity contribution in [3.8, 4) is 5.75 Å². The third-order valence-electron chi connectivity index (χ3n) is 1.38. The summed E-state index contributed by atoms with van der Waals surface area (Å²) in [5.41, 5.74) is 0. The molecule has 1 rings (SSSR count). The van der Waals surface area contributed by atoms with Crippen molar-refractivity contribution in [1.29, 1.82) is 0 Å². The van der Waals surface area contributed by atoms with Crippen molar-refractivity contribution in [3.05, 3.63) is 22.4 Å². The molecule has 4 nitrogen and oxygen atoms in total. The third-order valence-corrected chi connectivity index (χ3v) is 7.82. The van der Waals surface area contributed by atoms with Crippen molar-refractivity contribution >= 4 is 87.5 Å². The van der Waals surface area contributed by atoms with Crippen LogP contribution in [0.4, 0.5) is 0 Å². The molecule has 16 heavy (non-hydrogen) atoms. The number of hydrogen-bond donors (Lipinski definition) is 2. The zero-order chi connectivity index (χ0) is 12.7. The van der Waals surface area contributed by atoms with Gasteiger partial charge >= 0.3 is 7.82 Å². The summed E-state index contributed by atoms with van der Waals surface area (Å²) < 4.78 is 18.0. The minimum atomic E-state index is -4.61. The molecule has 1 aromatic rings. The molecule has 2 N–H and O–H groups in total. The maximum absolute atomic E-state index is 10.8. The second-order valence-electron chi connectivity index (χ2n) is 2.48. The Hall–Kier alpha value is 1.57. The fraction of sp³-hybridized carbons (Fsp3) is 0. The summed E-state index contributed by atoms with van der Waals surface area (Å²) in [4.78, 5) is 17.6. The lowest BCUT2D eigenvalue weighted by Gasteiger charge is -2.14. The van der Waals surface area contributed by atoms with Gasteiger partial charge < -0.3 is 4.52 Å². The van der Waals surface area contributed by atoms with Crippen molar-refractivity contribution in [2.45, 2.75) is 0 Å². The van der Waals surface area contributed by atoms with E-state index < -0.39 is 7.82 Å². The summed E-state index contributed by atoms with van der Waals surface area (Å²) in [6, 6.07) is 0. The zero-order valence-corrected chi connectivity index (χ0v) is 15.9. The van der Waals surface area contributed by atoms with E-state index in [1.54, 1.807) is 0 Å². The van der Waals surface area contributed by atoms with E-state index in [4.69, 9.17) is 9.79 Å². The van der Waals surface area contributed by atoms with E-state index in [0.717, 1.165) is 0 Å². The molecule has 0 spiro atoms. The summed E-state index contributed by atoms with van der Waals surface area (Å²) in [7, 11) is -4.61. The fourth-order valence-electron chi connectivity index (χ4n) is 0.784. The van der Waals surface area contributed by atoms with Crippen molar-refractivity contribution in [2.24, 2.45) is 0 Å². The van der Waals surface area contributed by atoms with Gasteiger partial charge in [0.15, 0.2) is 5.75 Å². The van der Waals surface area contributed by atoms with Gasteiger partial charge in [-0.05, 0) is 79.6 Å². The predicted octanol–water partition coefficient (Wildman–Crippen LogP) is 4.97. The highest BCUT2D eigenvalue weighted by atomic mass is 79.9. The van der Waals surface area contributed by atoms with Gasteiger partial charge in [0.05, 0.1) is 17.9 Å².